The number of nitrogens with one attached hydrogen (secondary N) is 1. The number of quaternary nitrogens is 1. The molecule has 3 N–H and O–H groups in total. The van der Waals surface area contributed by atoms with Crippen LogP contribution in [-0.2, 0) is 13.1 Å². The third-order valence-electron chi connectivity index (χ3n) is 5.11. The molecular formula is C21H29ClN4O+2. The van der Waals surface area contributed by atoms with E-state index in [0.717, 1.165) is 37.6 Å². The molecule has 3 rings (SSSR count). The van der Waals surface area contributed by atoms with Crippen LogP contribution in [0.5, 0.6) is 5.75 Å². The summed E-state index contributed by atoms with van der Waals surface area (Å²) in [5.74, 6) is 1.47. The predicted octanol–water partition coefficient (Wildman–Crippen LogP) is 2.17. The zero-order valence-electron chi connectivity index (χ0n) is 16.1. The predicted molar refractivity (Wildman–Crippen MR) is 110 cm³/mol. The Labute approximate surface area is 165 Å². The first-order valence-corrected chi connectivity index (χ1v) is 10.0. The third-order valence-corrected chi connectivity index (χ3v) is 5.43. The van der Waals surface area contributed by atoms with Gasteiger partial charge in [-0.3, -0.25) is 5.73 Å². The molecule has 5 nitrogen and oxygen atoms in total. The van der Waals surface area contributed by atoms with Crippen molar-refractivity contribution in [3.05, 3.63) is 53.6 Å². The first-order chi connectivity index (χ1) is 13.2. The smallest absolute Gasteiger partial charge is 0.356 e. The first-order valence-electron chi connectivity index (χ1n) is 9.63. The number of rotatable bonds is 9. The number of hydrogen-bond acceptors (Lipinski definition) is 2. The number of benzene rings is 2. The SMILES string of the molecule is CC[NH+](CC)CC[n+]1c(N)n(CCOc2ccccc2Cl)c2ccccc21. The van der Waals surface area contributed by atoms with Crippen LogP contribution in [0.25, 0.3) is 11.0 Å². The number of ether oxygens (including phenoxy) is 1. The lowest BCUT2D eigenvalue weighted by molar-refractivity contribution is -0.913. The Kier molecular flexibility index (Phi) is 6.58. The minimum absolute atomic E-state index is 0.508. The molecule has 0 aliphatic rings. The van der Waals surface area contributed by atoms with Crippen LogP contribution in [0.2, 0.25) is 5.02 Å². The first kappa shape index (κ1) is 19.5. The van der Waals surface area contributed by atoms with Crippen LogP contribution in [0.1, 0.15) is 13.8 Å². The van der Waals surface area contributed by atoms with Gasteiger partial charge in [-0.1, -0.05) is 35.9 Å². The number of aromatic nitrogens is 2. The Morgan fingerprint density at radius 1 is 1.07 bits per heavy atom. The number of nitrogens with zero attached hydrogens (tertiary/aromatic N) is 2. The minimum Gasteiger partial charge on any atom is -0.489 e. The average Bonchev–Trinajstić information content (AvgIpc) is 2.96. The van der Waals surface area contributed by atoms with Gasteiger partial charge in [-0.25, -0.2) is 9.13 Å². The van der Waals surface area contributed by atoms with Crippen molar-refractivity contribution in [2.75, 3.05) is 32.0 Å². The van der Waals surface area contributed by atoms with E-state index in [-0.39, 0.29) is 0 Å². The Morgan fingerprint density at radius 3 is 2.52 bits per heavy atom. The van der Waals surface area contributed by atoms with Gasteiger partial charge in [0.25, 0.3) is 0 Å². The molecule has 27 heavy (non-hydrogen) atoms. The maximum Gasteiger partial charge on any atom is 0.356 e. The van der Waals surface area contributed by atoms with Crippen LogP contribution >= 0.6 is 11.6 Å². The quantitative estimate of drug-likeness (QED) is 0.552. The summed E-state index contributed by atoms with van der Waals surface area (Å²) in [6.45, 7) is 9.84. The maximum absolute atomic E-state index is 6.53. The molecule has 0 aliphatic carbocycles. The molecular weight excluding hydrogens is 360 g/mol. The van der Waals surface area contributed by atoms with Crippen molar-refractivity contribution in [1.29, 1.82) is 0 Å². The molecule has 0 atom stereocenters. The van der Waals surface area contributed by atoms with E-state index in [4.69, 9.17) is 22.1 Å². The fourth-order valence-corrected chi connectivity index (χ4v) is 3.66. The van der Waals surface area contributed by atoms with Crippen LogP contribution in [0.3, 0.4) is 0 Å². The maximum atomic E-state index is 6.53. The number of hydrogen-bond donors (Lipinski definition) is 2. The summed E-state index contributed by atoms with van der Waals surface area (Å²) >= 11 is 6.17. The van der Waals surface area contributed by atoms with Crippen molar-refractivity contribution in [3.63, 3.8) is 0 Å². The summed E-state index contributed by atoms with van der Waals surface area (Å²) in [5.41, 5.74) is 8.83. The van der Waals surface area contributed by atoms with Crippen LogP contribution in [0, 0.1) is 0 Å². The highest BCUT2D eigenvalue weighted by molar-refractivity contribution is 6.32. The molecule has 3 aromatic rings. The summed E-state index contributed by atoms with van der Waals surface area (Å²) in [7, 11) is 0. The molecule has 2 aromatic carbocycles. The van der Waals surface area contributed by atoms with Crippen molar-refractivity contribution in [2.24, 2.45) is 0 Å². The lowest BCUT2D eigenvalue weighted by Gasteiger charge is -2.14. The van der Waals surface area contributed by atoms with Gasteiger partial charge in [-0.2, -0.15) is 0 Å². The molecule has 0 amide bonds. The molecule has 0 fully saturated rings. The van der Waals surface area contributed by atoms with Gasteiger partial charge in [0.2, 0.25) is 0 Å². The molecule has 1 aromatic heterocycles. The Balaban J connectivity index is 1.78. The number of halogens is 1. The van der Waals surface area contributed by atoms with Crippen molar-refractivity contribution in [1.82, 2.24) is 4.57 Å². The molecule has 0 saturated heterocycles. The molecule has 144 valence electrons. The second-order valence-corrected chi connectivity index (χ2v) is 7.04. The molecule has 0 saturated carbocycles. The standard InChI is InChI=1S/C21H27ClN4O/c1-3-24(4-2)13-14-25-18-10-6-7-11-19(18)26(21(25)23)15-16-27-20-12-8-5-9-17(20)22/h5-12,23H,3-4,13-16H2,1-2H3/p+2. The molecule has 1 heterocycles. The monoisotopic (exact) mass is 388 g/mol. The van der Waals surface area contributed by atoms with Gasteiger partial charge in [0.1, 0.15) is 43.0 Å². The number of para-hydroxylation sites is 3. The Hall–Kier alpha value is -2.24. The summed E-state index contributed by atoms with van der Waals surface area (Å²) < 4.78 is 10.2. The van der Waals surface area contributed by atoms with E-state index in [1.54, 1.807) is 4.90 Å². The van der Waals surface area contributed by atoms with E-state index in [0.29, 0.717) is 23.9 Å². The normalized spacial score (nSPS) is 11.4. The molecule has 0 bridgehead atoms. The summed E-state index contributed by atoms with van der Waals surface area (Å²) in [6.07, 6.45) is 0. The number of imidazole rings is 1. The number of nitrogen functional groups attached to an aromatic ring is 1. The van der Waals surface area contributed by atoms with Crippen molar-refractivity contribution in [3.8, 4) is 5.75 Å². The van der Waals surface area contributed by atoms with Gasteiger partial charge in [-0.05, 0) is 38.1 Å². The number of fused-ring (bicyclic) bond motifs is 1. The van der Waals surface area contributed by atoms with E-state index >= 15 is 0 Å². The third kappa shape index (κ3) is 4.37. The van der Waals surface area contributed by atoms with E-state index in [9.17, 15) is 0 Å². The number of likely N-dealkylation sites (N-methyl/N-ethyl adjacent to an activating group) is 1. The van der Waals surface area contributed by atoms with E-state index in [1.807, 2.05) is 30.3 Å². The van der Waals surface area contributed by atoms with Crippen LogP contribution in [0.4, 0.5) is 5.95 Å². The van der Waals surface area contributed by atoms with Crippen molar-refractivity contribution >= 4 is 28.6 Å². The highest BCUT2D eigenvalue weighted by atomic mass is 35.5. The van der Waals surface area contributed by atoms with Crippen molar-refractivity contribution < 1.29 is 14.2 Å². The van der Waals surface area contributed by atoms with E-state index in [1.165, 1.54) is 5.52 Å². The molecule has 0 aliphatic heterocycles. The topological polar surface area (TPSA) is 48.5 Å². The van der Waals surface area contributed by atoms with Gasteiger partial charge < -0.3 is 9.64 Å². The van der Waals surface area contributed by atoms with Gasteiger partial charge in [-0.15, -0.1) is 0 Å². The largest absolute Gasteiger partial charge is 0.489 e. The summed E-state index contributed by atoms with van der Waals surface area (Å²) in [5, 5.41) is 0.625. The second-order valence-electron chi connectivity index (χ2n) is 6.64. The lowest BCUT2D eigenvalue weighted by Crippen LogP contribution is -3.12. The Morgan fingerprint density at radius 2 is 1.78 bits per heavy atom. The molecule has 0 unspecified atom stereocenters. The lowest BCUT2D eigenvalue weighted by atomic mass is 10.3. The van der Waals surface area contributed by atoms with Crippen molar-refractivity contribution in [2.45, 2.75) is 26.9 Å². The zero-order valence-corrected chi connectivity index (χ0v) is 16.9. The molecule has 6 heteroatoms. The van der Waals surface area contributed by atoms with Crippen LogP contribution in [0.15, 0.2) is 48.5 Å². The molecule has 0 radical (unpaired) electrons. The zero-order chi connectivity index (χ0) is 19.2. The highest BCUT2D eigenvalue weighted by Gasteiger charge is 2.21. The van der Waals surface area contributed by atoms with E-state index < -0.39 is 0 Å². The van der Waals surface area contributed by atoms with E-state index in [2.05, 4.69) is 41.2 Å². The van der Waals surface area contributed by atoms with Gasteiger partial charge in [0, 0.05) is 0 Å². The van der Waals surface area contributed by atoms with Crippen LogP contribution < -0.4 is 19.9 Å². The van der Waals surface area contributed by atoms with Gasteiger partial charge >= 0.3 is 5.95 Å². The average molecular weight is 389 g/mol. The fourth-order valence-electron chi connectivity index (χ4n) is 3.47. The number of anilines is 1. The molecule has 0 spiro atoms. The van der Waals surface area contributed by atoms with Gasteiger partial charge in [0.15, 0.2) is 0 Å². The fraction of sp³-hybridized carbons (Fsp3) is 0.381. The number of nitrogens with two attached hydrogens (primary N) is 1. The highest BCUT2D eigenvalue weighted by Crippen LogP contribution is 2.23. The van der Waals surface area contributed by atoms with Gasteiger partial charge in [0.05, 0.1) is 18.1 Å². The summed E-state index contributed by atoms with van der Waals surface area (Å²) in [4.78, 5) is 1.57. The Bertz CT molecular complexity index is 889. The minimum atomic E-state index is 0.508. The summed E-state index contributed by atoms with van der Waals surface area (Å²) in [6, 6.07) is 15.9. The van der Waals surface area contributed by atoms with Crippen LogP contribution in [-0.4, -0.2) is 30.8 Å². The second kappa shape index (κ2) is 9.11.